The average Bonchev–Trinajstić information content (AvgIpc) is 2.02. The van der Waals surface area contributed by atoms with E-state index >= 15 is 0 Å². The van der Waals surface area contributed by atoms with Crippen molar-refractivity contribution < 1.29 is 24.5 Å². The summed E-state index contributed by atoms with van der Waals surface area (Å²) < 4.78 is 4.20. The number of nitrogens with two attached hydrogens (primary N) is 1. The van der Waals surface area contributed by atoms with Gasteiger partial charge in [-0.2, -0.15) is 0 Å². The Bertz CT molecular complexity index is 181. The second-order valence-corrected chi connectivity index (χ2v) is 2.21. The fourth-order valence-electron chi connectivity index (χ4n) is 0.546. The number of aliphatic hydroxyl groups excluding tert-OH is 1. The van der Waals surface area contributed by atoms with Crippen LogP contribution in [0.2, 0.25) is 0 Å². The minimum atomic E-state index is -1.45. The SMILES string of the molecule is COC(=O)C[C@H](O)[C@@H](N)C(=O)O. The molecule has 0 aromatic rings. The van der Waals surface area contributed by atoms with Crippen LogP contribution in [0.4, 0.5) is 0 Å². The second-order valence-electron chi connectivity index (χ2n) is 2.21. The fourth-order valence-corrected chi connectivity index (χ4v) is 0.546. The van der Waals surface area contributed by atoms with Gasteiger partial charge in [-0.3, -0.25) is 9.59 Å². The number of hydrogen-bond acceptors (Lipinski definition) is 5. The van der Waals surface area contributed by atoms with Crippen molar-refractivity contribution in [1.82, 2.24) is 0 Å². The highest BCUT2D eigenvalue weighted by Gasteiger charge is 2.24. The molecular formula is C6H11NO5. The second kappa shape index (κ2) is 4.68. The zero-order valence-corrected chi connectivity index (χ0v) is 6.56. The van der Waals surface area contributed by atoms with E-state index in [2.05, 4.69) is 4.74 Å². The summed E-state index contributed by atoms with van der Waals surface area (Å²) in [6.45, 7) is 0. The minimum absolute atomic E-state index is 0.413. The zero-order chi connectivity index (χ0) is 9.72. The van der Waals surface area contributed by atoms with E-state index in [1.807, 2.05) is 0 Å². The van der Waals surface area contributed by atoms with Crippen LogP contribution in [0.3, 0.4) is 0 Å². The Kier molecular flexibility index (Phi) is 4.24. The number of methoxy groups -OCH3 is 1. The van der Waals surface area contributed by atoms with E-state index in [9.17, 15) is 9.59 Å². The van der Waals surface area contributed by atoms with E-state index in [4.69, 9.17) is 15.9 Å². The van der Waals surface area contributed by atoms with E-state index in [0.717, 1.165) is 7.11 Å². The van der Waals surface area contributed by atoms with Gasteiger partial charge >= 0.3 is 11.9 Å². The molecule has 12 heavy (non-hydrogen) atoms. The lowest BCUT2D eigenvalue weighted by atomic mass is 10.1. The van der Waals surface area contributed by atoms with Gasteiger partial charge in [0.25, 0.3) is 0 Å². The molecule has 0 amide bonds. The monoisotopic (exact) mass is 177 g/mol. The molecule has 0 aromatic carbocycles. The standard InChI is InChI=1S/C6H11NO5/c1-12-4(9)2-3(8)5(7)6(10)11/h3,5,8H,2,7H2,1H3,(H,10,11)/t3-,5+/m0/s1. The summed E-state index contributed by atoms with van der Waals surface area (Å²) in [5.74, 6) is -2.05. The number of carbonyl (C=O) groups excluding carboxylic acids is 1. The maximum atomic E-state index is 10.5. The lowest BCUT2D eigenvalue weighted by molar-refractivity contribution is -0.146. The van der Waals surface area contributed by atoms with E-state index < -0.39 is 30.5 Å². The van der Waals surface area contributed by atoms with Crippen molar-refractivity contribution >= 4 is 11.9 Å². The fraction of sp³-hybridized carbons (Fsp3) is 0.667. The van der Waals surface area contributed by atoms with Crippen LogP contribution in [-0.4, -0.2) is 41.4 Å². The zero-order valence-electron chi connectivity index (χ0n) is 6.56. The quantitative estimate of drug-likeness (QED) is 0.442. The van der Waals surface area contributed by atoms with Crippen LogP contribution >= 0.6 is 0 Å². The molecule has 0 rings (SSSR count). The number of carboxylic acids is 1. The molecule has 0 spiro atoms. The van der Waals surface area contributed by atoms with E-state index in [-0.39, 0.29) is 0 Å². The maximum Gasteiger partial charge on any atom is 0.323 e. The number of hydrogen-bond donors (Lipinski definition) is 3. The van der Waals surface area contributed by atoms with Gasteiger partial charge in [0.2, 0.25) is 0 Å². The predicted octanol–water partition coefficient (Wildman–Crippen LogP) is -1.68. The molecule has 0 saturated carbocycles. The van der Waals surface area contributed by atoms with Gasteiger partial charge in [0.15, 0.2) is 0 Å². The van der Waals surface area contributed by atoms with Crippen molar-refractivity contribution in [1.29, 1.82) is 0 Å². The van der Waals surface area contributed by atoms with Crippen LogP contribution in [0.1, 0.15) is 6.42 Å². The van der Waals surface area contributed by atoms with Crippen molar-refractivity contribution in [2.24, 2.45) is 5.73 Å². The van der Waals surface area contributed by atoms with Crippen LogP contribution in [-0.2, 0) is 14.3 Å². The third-order valence-corrected chi connectivity index (χ3v) is 1.30. The molecule has 6 heteroatoms. The Balaban J connectivity index is 3.94. The molecule has 0 radical (unpaired) electrons. The molecule has 2 atom stereocenters. The van der Waals surface area contributed by atoms with Crippen molar-refractivity contribution in [3.05, 3.63) is 0 Å². The number of ether oxygens (including phenoxy) is 1. The molecule has 0 saturated heterocycles. The first-order valence-corrected chi connectivity index (χ1v) is 3.22. The summed E-state index contributed by atoms with van der Waals surface area (Å²) >= 11 is 0. The van der Waals surface area contributed by atoms with Gasteiger partial charge < -0.3 is 20.7 Å². The molecular weight excluding hydrogens is 166 g/mol. The molecule has 4 N–H and O–H groups in total. The number of carboxylic acid groups (broad SMARTS) is 1. The van der Waals surface area contributed by atoms with Crippen molar-refractivity contribution in [2.75, 3.05) is 7.11 Å². The van der Waals surface area contributed by atoms with E-state index in [1.54, 1.807) is 0 Å². The van der Waals surface area contributed by atoms with Crippen LogP contribution in [0.5, 0.6) is 0 Å². The van der Waals surface area contributed by atoms with Gasteiger partial charge in [-0.25, -0.2) is 0 Å². The van der Waals surface area contributed by atoms with Gasteiger partial charge in [0, 0.05) is 0 Å². The van der Waals surface area contributed by atoms with Crippen LogP contribution in [0.15, 0.2) is 0 Å². The normalized spacial score (nSPS) is 14.9. The van der Waals surface area contributed by atoms with Crippen molar-refractivity contribution in [2.45, 2.75) is 18.6 Å². The third kappa shape index (κ3) is 3.31. The Morgan fingerprint density at radius 3 is 2.42 bits per heavy atom. The van der Waals surface area contributed by atoms with Crippen molar-refractivity contribution in [3.8, 4) is 0 Å². The molecule has 70 valence electrons. The molecule has 6 nitrogen and oxygen atoms in total. The topological polar surface area (TPSA) is 110 Å². The maximum absolute atomic E-state index is 10.5. The van der Waals surface area contributed by atoms with Gasteiger partial charge in [0.1, 0.15) is 6.04 Å². The molecule has 0 aliphatic heterocycles. The molecule has 0 aromatic heterocycles. The summed E-state index contributed by atoms with van der Waals surface area (Å²) in [4.78, 5) is 20.7. The average molecular weight is 177 g/mol. The molecule has 0 bridgehead atoms. The van der Waals surface area contributed by atoms with Gasteiger partial charge in [-0.05, 0) is 0 Å². The van der Waals surface area contributed by atoms with E-state index in [1.165, 1.54) is 0 Å². The first-order valence-electron chi connectivity index (χ1n) is 3.22. The number of carbonyl (C=O) groups is 2. The summed E-state index contributed by atoms with van der Waals surface area (Å²) in [6, 6.07) is -1.45. The van der Waals surface area contributed by atoms with Crippen molar-refractivity contribution in [3.63, 3.8) is 0 Å². The molecule has 0 fully saturated rings. The Hall–Kier alpha value is -1.14. The molecule has 0 heterocycles. The third-order valence-electron chi connectivity index (χ3n) is 1.30. The van der Waals surface area contributed by atoms with E-state index in [0.29, 0.717) is 0 Å². The molecule has 0 aliphatic carbocycles. The number of esters is 1. The molecule has 0 aliphatic rings. The highest BCUT2D eigenvalue weighted by atomic mass is 16.5. The molecule has 0 unspecified atom stereocenters. The smallest absolute Gasteiger partial charge is 0.323 e. The summed E-state index contributed by atoms with van der Waals surface area (Å²) in [5.41, 5.74) is 5.01. The largest absolute Gasteiger partial charge is 0.480 e. The van der Waals surface area contributed by atoms with Gasteiger partial charge in [-0.15, -0.1) is 0 Å². The summed E-state index contributed by atoms with van der Waals surface area (Å²) in [5, 5.41) is 17.3. The first kappa shape index (κ1) is 10.9. The van der Waals surface area contributed by atoms with Gasteiger partial charge in [-0.1, -0.05) is 0 Å². The lowest BCUT2D eigenvalue weighted by Crippen LogP contribution is -2.42. The number of aliphatic hydroxyl groups is 1. The Morgan fingerprint density at radius 2 is 2.08 bits per heavy atom. The minimum Gasteiger partial charge on any atom is -0.480 e. The lowest BCUT2D eigenvalue weighted by Gasteiger charge is -2.12. The summed E-state index contributed by atoms with van der Waals surface area (Å²) in [7, 11) is 1.14. The van der Waals surface area contributed by atoms with Gasteiger partial charge in [0.05, 0.1) is 19.6 Å². The van der Waals surface area contributed by atoms with Crippen LogP contribution < -0.4 is 5.73 Å². The Labute approximate surface area is 68.9 Å². The van der Waals surface area contributed by atoms with Crippen LogP contribution in [0, 0.1) is 0 Å². The highest BCUT2D eigenvalue weighted by molar-refractivity contribution is 5.76. The first-order chi connectivity index (χ1) is 5.49. The van der Waals surface area contributed by atoms with Crippen LogP contribution in [0.25, 0.3) is 0 Å². The Morgan fingerprint density at radius 1 is 1.58 bits per heavy atom. The highest BCUT2D eigenvalue weighted by Crippen LogP contribution is 1.98. The number of rotatable bonds is 4. The summed E-state index contributed by atoms with van der Waals surface area (Å²) in [6.07, 6.45) is -1.82. The predicted molar refractivity (Wildman–Crippen MR) is 38.3 cm³/mol. The number of aliphatic carboxylic acids is 1.